The molecule has 0 radical (unpaired) electrons. The predicted molar refractivity (Wildman–Crippen MR) is 61.1 cm³/mol. The zero-order valence-electron chi connectivity index (χ0n) is 10.1. The van der Waals surface area contributed by atoms with Gasteiger partial charge in [-0.15, -0.1) is 0 Å². The molecule has 0 spiro atoms. The number of nitrogens with zero attached hydrogens (tertiary/aromatic N) is 2. The average Bonchev–Trinajstić information content (AvgIpc) is 2.24. The first kappa shape index (κ1) is 15.7. The van der Waals surface area contributed by atoms with Crippen LogP contribution in [0.25, 0.3) is 0 Å². The Kier molecular flexibility index (Phi) is 6.53. The number of nitriles is 1. The van der Waals surface area contributed by atoms with E-state index in [1.165, 1.54) is 0 Å². The van der Waals surface area contributed by atoms with Crippen LogP contribution in [0, 0.1) is 17.2 Å². The highest BCUT2D eigenvalue weighted by Crippen LogP contribution is 2.03. The van der Waals surface area contributed by atoms with Crippen molar-refractivity contribution < 1.29 is 17.9 Å². The Bertz CT molecular complexity index is 388. The van der Waals surface area contributed by atoms with Crippen molar-refractivity contribution in [2.75, 3.05) is 19.7 Å². The maximum atomic E-state index is 11.7. The van der Waals surface area contributed by atoms with Crippen molar-refractivity contribution in [2.45, 2.75) is 20.8 Å². The lowest BCUT2D eigenvalue weighted by Gasteiger charge is -2.21. The van der Waals surface area contributed by atoms with Gasteiger partial charge in [-0.2, -0.15) is 18.0 Å². The number of hydrogen-bond donors (Lipinski definition) is 1. The van der Waals surface area contributed by atoms with Gasteiger partial charge < -0.3 is 4.74 Å². The third kappa shape index (κ3) is 5.51. The van der Waals surface area contributed by atoms with E-state index >= 15 is 0 Å². The molecule has 1 amide bonds. The molecule has 8 heteroatoms. The largest absolute Gasteiger partial charge is 0.449 e. The smallest absolute Gasteiger partial charge is 0.421 e. The van der Waals surface area contributed by atoms with Crippen molar-refractivity contribution in [1.82, 2.24) is 9.03 Å². The van der Waals surface area contributed by atoms with E-state index in [-0.39, 0.29) is 19.7 Å². The van der Waals surface area contributed by atoms with Gasteiger partial charge in [-0.1, -0.05) is 6.92 Å². The molecule has 1 atom stereocenters. The highest BCUT2D eigenvalue weighted by atomic mass is 32.2. The number of rotatable bonds is 6. The monoisotopic (exact) mass is 263 g/mol. The summed E-state index contributed by atoms with van der Waals surface area (Å²) in [5, 5.41) is 8.63. The van der Waals surface area contributed by atoms with Crippen molar-refractivity contribution in [3.8, 4) is 6.07 Å². The van der Waals surface area contributed by atoms with Crippen LogP contribution in [-0.4, -0.2) is 38.5 Å². The van der Waals surface area contributed by atoms with Crippen LogP contribution in [0.2, 0.25) is 0 Å². The third-order valence-corrected chi connectivity index (χ3v) is 3.39. The molecule has 0 aliphatic heterocycles. The molecule has 17 heavy (non-hydrogen) atoms. The predicted octanol–water partition coefficient (Wildman–Crippen LogP) is 0.459. The Morgan fingerprint density at radius 3 is 2.53 bits per heavy atom. The van der Waals surface area contributed by atoms with Crippen LogP contribution in [0.1, 0.15) is 20.8 Å². The van der Waals surface area contributed by atoms with Crippen molar-refractivity contribution in [2.24, 2.45) is 5.92 Å². The van der Waals surface area contributed by atoms with Crippen LogP contribution in [0.3, 0.4) is 0 Å². The first-order valence-electron chi connectivity index (χ1n) is 5.21. The van der Waals surface area contributed by atoms with Gasteiger partial charge in [-0.3, -0.25) is 0 Å². The summed E-state index contributed by atoms with van der Waals surface area (Å²) in [6.45, 7) is 5.07. The lowest BCUT2D eigenvalue weighted by Crippen LogP contribution is -2.45. The summed E-state index contributed by atoms with van der Waals surface area (Å²) in [6.07, 6.45) is -1.02. The van der Waals surface area contributed by atoms with E-state index in [1.54, 1.807) is 25.5 Å². The summed E-state index contributed by atoms with van der Waals surface area (Å²) in [4.78, 5) is 11.0. The Morgan fingerprint density at radius 1 is 1.53 bits per heavy atom. The SMILES string of the molecule is CCOC(=O)NS(=O)(=O)N(CC)CC(C)C#N. The fraction of sp³-hybridized carbons (Fsp3) is 0.778. The van der Waals surface area contributed by atoms with Gasteiger partial charge in [0, 0.05) is 13.1 Å². The van der Waals surface area contributed by atoms with Gasteiger partial charge in [0.05, 0.1) is 18.6 Å². The van der Waals surface area contributed by atoms with Gasteiger partial charge >= 0.3 is 16.3 Å². The third-order valence-electron chi connectivity index (χ3n) is 1.88. The molecule has 0 aliphatic carbocycles. The van der Waals surface area contributed by atoms with Crippen LogP contribution < -0.4 is 4.72 Å². The van der Waals surface area contributed by atoms with Crippen LogP contribution in [0.4, 0.5) is 4.79 Å². The van der Waals surface area contributed by atoms with Gasteiger partial charge in [0.25, 0.3) is 0 Å². The molecule has 1 N–H and O–H groups in total. The minimum atomic E-state index is -3.94. The molecule has 0 aromatic carbocycles. The molecule has 98 valence electrons. The van der Waals surface area contributed by atoms with E-state index in [9.17, 15) is 13.2 Å². The molecule has 0 aromatic rings. The summed E-state index contributed by atoms with van der Waals surface area (Å²) >= 11 is 0. The second-order valence-corrected chi connectivity index (χ2v) is 4.98. The molecular formula is C9H17N3O4S. The summed E-state index contributed by atoms with van der Waals surface area (Å²) in [5.74, 6) is -0.450. The van der Waals surface area contributed by atoms with Gasteiger partial charge in [-0.05, 0) is 13.8 Å². The summed E-state index contributed by atoms with van der Waals surface area (Å²) in [6, 6.07) is 1.93. The summed E-state index contributed by atoms with van der Waals surface area (Å²) in [5.41, 5.74) is 0. The number of hydrogen-bond acceptors (Lipinski definition) is 5. The van der Waals surface area contributed by atoms with Gasteiger partial charge in [0.15, 0.2) is 0 Å². The Morgan fingerprint density at radius 2 is 2.12 bits per heavy atom. The first-order valence-corrected chi connectivity index (χ1v) is 6.65. The molecule has 7 nitrogen and oxygen atoms in total. The zero-order valence-corrected chi connectivity index (χ0v) is 11.0. The van der Waals surface area contributed by atoms with E-state index in [4.69, 9.17) is 5.26 Å². The lowest BCUT2D eigenvalue weighted by atomic mass is 10.2. The number of carbonyl (C=O) groups is 1. The second kappa shape index (κ2) is 7.09. The van der Waals surface area contributed by atoms with Crippen LogP contribution in [0.15, 0.2) is 0 Å². The summed E-state index contributed by atoms with van der Waals surface area (Å²) < 4.78 is 30.7. The fourth-order valence-electron chi connectivity index (χ4n) is 1.07. The Labute approximate surface area is 102 Å². The molecule has 0 heterocycles. The molecule has 0 bridgehead atoms. The van der Waals surface area contributed by atoms with Gasteiger partial charge in [-0.25, -0.2) is 9.52 Å². The zero-order chi connectivity index (χ0) is 13.5. The van der Waals surface area contributed by atoms with Crippen molar-refractivity contribution in [1.29, 1.82) is 5.26 Å². The van der Waals surface area contributed by atoms with Crippen molar-refractivity contribution >= 4 is 16.3 Å². The van der Waals surface area contributed by atoms with Gasteiger partial charge in [0.2, 0.25) is 0 Å². The van der Waals surface area contributed by atoms with E-state index in [1.807, 2.05) is 6.07 Å². The van der Waals surface area contributed by atoms with E-state index in [0.29, 0.717) is 0 Å². The minimum absolute atomic E-state index is 0.0295. The highest BCUT2D eigenvalue weighted by Gasteiger charge is 2.24. The maximum absolute atomic E-state index is 11.7. The number of carbonyl (C=O) groups excluding carboxylic acids is 1. The quantitative estimate of drug-likeness (QED) is 0.750. The molecule has 0 fully saturated rings. The molecule has 0 saturated heterocycles. The van der Waals surface area contributed by atoms with Crippen LogP contribution >= 0.6 is 0 Å². The van der Waals surface area contributed by atoms with Crippen molar-refractivity contribution in [3.63, 3.8) is 0 Å². The molecule has 0 rings (SSSR count). The standard InChI is InChI=1S/C9H17N3O4S/c1-4-12(7-8(3)6-10)17(14,15)11-9(13)16-5-2/h8H,4-5,7H2,1-3H3,(H,11,13). The Hall–Kier alpha value is -1.33. The van der Waals surface area contributed by atoms with E-state index in [2.05, 4.69) is 4.74 Å². The number of ether oxygens (including phenoxy) is 1. The minimum Gasteiger partial charge on any atom is -0.449 e. The second-order valence-electron chi connectivity index (χ2n) is 3.31. The van der Waals surface area contributed by atoms with Crippen LogP contribution in [0.5, 0.6) is 0 Å². The van der Waals surface area contributed by atoms with Gasteiger partial charge in [0.1, 0.15) is 0 Å². The van der Waals surface area contributed by atoms with E-state index < -0.39 is 22.2 Å². The number of amides is 1. The maximum Gasteiger partial charge on any atom is 0.421 e. The molecule has 0 saturated carbocycles. The fourth-order valence-corrected chi connectivity index (χ4v) is 2.23. The molecular weight excluding hydrogens is 246 g/mol. The topological polar surface area (TPSA) is 99.5 Å². The molecule has 0 aliphatic rings. The van der Waals surface area contributed by atoms with Crippen molar-refractivity contribution in [3.05, 3.63) is 0 Å². The number of nitrogens with one attached hydrogen (secondary N) is 1. The van der Waals surface area contributed by atoms with Crippen LogP contribution in [-0.2, 0) is 14.9 Å². The lowest BCUT2D eigenvalue weighted by molar-refractivity contribution is 0.158. The molecule has 0 aromatic heterocycles. The van der Waals surface area contributed by atoms with E-state index in [0.717, 1.165) is 4.31 Å². The summed E-state index contributed by atoms with van der Waals surface area (Å²) in [7, 11) is -3.94. The first-order chi connectivity index (χ1) is 7.87. The average molecular weight is 263 g/mol. The highest BCUT2D eigenvalue weighted by molar-refractivity contribution is 7.87. The Balaban J connectivity index is 4.65. The molecule has 1 unspecified atom stereocenters. The normalized spacial score (nSPS) is 12.9.